The van der Waals surface area contributed by atoms with Crippen molar-refractivity contribution in [3.63, 3.8) is 0 Å². The molecule has 1 atom stereocenters. The molecule has 0 aliphatic heterocycles. The van der Waals surface area contributed by atoms with Crippen LogP contribution in [0.5, 0.6) is 11.5 Å². The van der Waals surface area contributed by atoms with Crippen LogP contribution < -0.4 is 73.7 Å². The van der Waals surface area contributed by atoms with Gasteiger partial charge in [0.2, 0.25) is 0 Å². The van der Waals surface area contributed by atoms with Crippen molar-refractivity contribution in [2.24, 2.45) is 0 Å². The third kappa shape index (κ3) is 4.82. The predicted molar refractivity (Wildman–Crippen MR) is 51.1 cm³/mol. The summed E-state index contributed by atoms with van der Waals surface area (Å²) < 4.78 is 31.1. The predicted octanol–water partition coefficient (Wildman–Crippen LogP) is -6.69. The minimum Gasteiger partial charge on any atom is -0.768 e. The van der Waals surface area contributed by atoms with Crippen LogP contribution in [-0.4, -0.2) is 29.0 Å². The molecule has 0 saturated heterocycles. The summed E-state index contributed by atoms with van der Waals surface area (Å²) in [6.45, 7) is 0. The monoisotopic (exact) mass is 290 g/mol. The third-order valence-electron chi connectivity index (χ3n) is 1.86. The van der Waals surface area contributed by atoms with Crippen LogP contribution in [0, 0.1) is 0 Å². The van der Waals surface area contributed by atoms with Crippen molar-refractivity contribution in [1.82, 2.24) is 0 Å². The van der Waals surface area contributed by atoms with E-state index < -0.39 is 17.0 Å². The average Bonchev–Trinajstić information content (AvgIpc) is 2.26. The fourth-order valence-electron chi connectivity index (χ4n) is 1.19. The maximum Gasteiger partial charge on any atom is 1.00 e. The molecular weight excluding hydrogens is 282 g/mol. The van der Waals surface area contributed by atoms with Crippen LogP contribution in [0.15, 0.2) is 17.0 Å². The van der Waals surface area contributed by atoms with Crippen molar-refractivity contribution in [3.8, 4) is 11.5 Å². The molecule has 0 radical (unpaired) electrons. The second kappa shape index (κ2) is 9.33. The van der Waals surface area contributed by atoms with Crippen molar-refractivity contribution in [2.75, 3.05) is 14.2 Å². The van der Waals surface area contributed by atoms with E-state index in [1.54, 1.807) is 0 Å². The Morgan fingerprint density at radius 3 is 2.11 bits per heavy atom. The normalized spacial score (nSPS) is 10.6. The number of aromatic carboxylic acids is 1. The number of hydrogen-bond donors (Lipinski definition) is 0. The number of benzene rings is 1. The smallest absolute Gasteiger partial charge is 0.768 e. The van der Waals surface area contributed by atoms with Crippen LogP contribution in [0.4, 0.5) is 0 Å². The average molecular weight is 290 g/mol. The first-order valence-electron chi connectivity index (χ1n) is 4.08. The molecule has 0 bridgehead atoms. The van der Waals surface area contributed by atoms with Crippen LogP contribution in [0.2, 0.25) is 0 Å². The molecule has 88 valence electrons. The van der Waals surface area contributed by atoms with E-state index in [2.05, 4.69) is 0 Å². The van der Waals surface area contributed by atoms with E-state index in [0.29, 0.717) is 0 Å². The maximum atomic E-state index is 10.8. The zero-order valence-electron chi connectivity index (χ0n) is 10.5. The molecule has 1 rings (SSSR count). The number of hydrogen-bond acceptors (Lipinski definition) is 6. The molecule has 0 aromatic heterocycles. The van der Waals surface area contributed by atoms with Gasteiger partial charge in [-0.3, -0.25) is 4.21 Å². The molecule has 1 unspecified atom stereocenters. The van der Waals surface area contributed by atoms with E-state index in [1.165, 1.54) is 14.2 Å². The molecular formula is C9H8Na2O6S. The number of carbonyl (C=O) groups is 1. The van der Waals surface area contributed by atoms with E-state index in [0.717, 1.165) is 12.1 Å². The first-order chi connectivity index (χ1) is 7.51. The molecule has 18 heavy (non-hydrogen) atoms. The molecule has 1 aromatic carbocycles. The fourth-order valence-corrected chi connectivity index (χ4v) is 1.60. The standard InChI is InChI=1S/C9H10O6S.2Na/c1-14-7-4-5(16(12)13)3-6(9(10)11)8(7)15-2;;/h3-4H,1-2H3,(H,10,11)(H,12,13);;/q;2*+1/p-2. The zero-order valence-corrected chi connectivity index (χ0v) is 15.3. The van der Waals surface area contributed by atoms with Crippen LogP contribution in [0.25, 0.3) is 0 Å². The van der Waals surface area contributed by atoms with Gasteiger partial charge >= 0.3 is 59.1 Å². The Balaban J connectivity index is 0. The first-order valence-corrected chi connectivity index (χ1v) is 5.15. The van der Waals surface area contributed by atoms with Crippen molar-refractivity contribution < 1.29 is 87.3 Å². The quantitative estimate of drug-likeness (QED) is 0.404. The Morgan fingerprint density at radius 1 is 1.22 bits per heavy atom. The Bertz CT molecular complexity index is 451. The molecule has 6 nitrogen and oxygen atoms in total. The summed E-state index contributed by atoms with van der Waals surface area (Å²) in [4.78, 5) is 10.6. The number of carboxylic acid groups (broad SMARTS) is 1. The molecule has 0 aliphatic rings. The van der Waals surface area contributed by atoms with Crippen molar-refractivity contribution in [2.45, 2.75) is 4.90 Å². The number of methoxy groups -OCH3 is 2. The molecule has 0 spiro atoms. The molecule has 0 saturated carbocycles. The van der Waals surface area contributed by atoms with E-state index >= 15 is 0 Å². The second-order valence-electron chi connectivity index (χ2n) is 2.73. The van der Waals surface area contributed by atoms with Gasteiger partial charge in [-0.1, -0.05) is 0 Å². The summed E-state index contributed by atoms with van der Waals surface area (Å²) in [5, 5.41) is 10.8. The van der Waals surface area contributed by atoms with Gasteiger partial charge < -0.3 is 23.9 Å². The molecule has 9 heteroatoms. The van der Waals surface area contributed by atoms with Gasteiger partial charge in [-0.25, -0.2) is 0 Å². The summed E-state index contributed by atoms with van der Waals surface area (Å²) >= 11 is -2.55. The first kappa shape index (κ1) is 20.7. The van der Waals surface area contributed by atoms with Gasteiger partial charge in [-0.05, 0) is 23.2 Å². The molecule has 1 aromatic rings. The van der Waals surface area contributed by atoms with Crippen LogP contribution >= 0.6 is 0 Å². The van der Waals surface area contributed by atoms with E-state index in [-0.39, 0.29) is 81.1 Å². The molecule has 0 aliphatic carbocycles. The van der Waals surface area contributed by atoms with Gasteiger partial charge in [0.25, 0.3) is 0 Å². The minimum absolute atomic E-state index is 0. The number of carbonyl (C=O) groups excluding carboxylic acids is 1. The van der Waals surface area contributed by atoms with Crippen LogP contribution in [0.3, 0.4) is 0 Å². The summed E-state index contributed by atoms with van der Waals surface area (Å²) in [5.74, 6) is -1.59. The molecule has 0 N–H and O–H groups in total. The molecule has 0 fully saturated rings. The summed E-state index contributed by atoms with van der Waals surface area (Å²) in [7, 11) is 2.52. The number of carboxylic acids is 1. The van der Waals surface area contributed by atoms with Crippen molar-refractivity contribution in [3.05, 3.63) is 17.7 Å². The number of rotatable bonds is 4. The summed E-state index contributed by atoms with van der Waals surface area (Å²) in [5.41, 5.74) is -0.374. The Hall–Kier alpha value is 0.400. The Morgan fingerprint density at radius 2 is 1.78 bits per heavy atom. The topological polar surface area (TPSA) is 98.7 Å². The Kier molecular flexibility index (Phi) is 10.7. The minimum atomic E-state index is -2.55. The van der Waals surface area contributed by atoms with Gasteiger partial charge in [-0.15, -0.1) is 0 Å². The van der Waals surface area contributed by atoms with Gasteiger partial charge in [0, 0.05) is 10.5 Å². The van der Waals surface area contributed by atoms with E-state index in [1.807, 2.05) is 0 Å². The van der Waals surface area contributed by atoms with Crippen LogP contribution in [-0.2, 0) is 11.1 Å². The van der Waals surface area contributed by atoms with Gasteiger partial charge in [0.05, 0.1) is 20.2 Å². The van der Waals surface area contributed by atoms with E-state index in [9.17, 15) is 18.7 Å². The molecule has 0 amide bonds. The third-order valence-corrected chi connectivity index (χ3v) is 2.49. The number of ether oxygens (including phenoxy) is 2. The SMILES string of the molecule is COc1cc(S(=O)[O-])cc(C(=O)[O-])c1OC.[Na+].[Na+]. The van der Waals surface area contributed by atoms with Gasteiger partial charge in [0.15, 0.2) is 11.5 Å². The van der Waals surface area contributed by atoms with Gasteiger partial charge in [0.1, 0.15) is 0 Å². The largest absolute Gasteiger partial charge is 1.00 e. The van der Waals surface area contributed by atoms with E-state index in [4.69, 9.17) is 9.47 Å². The van der Waals surface area contributed by atoms with Crippen molar-refractivity contribution >= 4 is 17.0 Å². The van der Waals surface area contributed by atoms with Gasteiger partial charge in [-0.2, -0.15) is 0 Å². The fraction of sp³-hybridized carbons (Fsp3) is 0.222. The summed E-state index contributed by atoms with van der Waals surface area (Å²) in [6.07, 6.45) is 0. The Labute approximate surface area is 151 Å². The maximum absolute atomic E-state index is 10.8. The second-order valence-corrected chi connectivity index (χ2v) is 3.67. The molecule has 0 heterocycles. The zero-order chi connectivity index (χ0) is 12.3. The van der Waals surface area contributed by atoms with Crippen LogP contribution in [0.1, 0.15) is 10.4 Å². The summed E-state index contributed by atoms with van der Waals surface area (Å²) in [6, 6.07) is 2.11. The van der Waals surface area contributed by atoms with Crippen molar-refractivity contribution in [1.29, 1.82) is 0 Å².